The molecule has 0 saturated carbocycles. The number of allylic oxidation sites excluding steroid dienone is 6. The van der Waals surface area contributed by atoms with E-state index in [0.29, 0.717) is 5.92 Å². The molecule has 0 aromatic heterocycles. The first-order valence-corrected chi connectivity index (χ1v) is 14.5. The monoisotopic (exact) mass is 543 g/mol. The summed E-state index contributed by atoms with van der Waals surface area (Å²) in [5.74, 6) is 0.404. The van der Waals surface area contributed by atoms with Crippen LogP contribution in [0.3, 0.4) is 0 Å². The molecule has 0 amide bonds. The Balaban J connectivity index is 1.51. The van der Waals surface area contributed by atoms with E-state index in [9.17, 15) is 5.26 Å². The number of benzene rings is 4. The number of fused-ring (bicyclic) bond motifs is 1. The van der Waals surface area contributed by atoms with E-state index in [1.54, 1.807) is 0 Å². The highest BCUT2D eigenvalue weighted by Crippen LogP contribution is 2.51. The first-order chi connectivity index (χ1) is 20.5. The topological polar surface area (TPSA) is 31.4 Å². The summed E-state index contributed by atoms with van der Waals surface area (Å²) in [6, 6.07) is 40.6. The molecule has 1 unspecified atom stereocenters. The number of hydrogen-bond acceptors (Lipinski definition) is 2. The van der Waals surface area contributed by atoms with Gasteiger partial charge in [0.2, 0.25) is 0 Å². The van der Waals surface area contributed by atoms with Gasteiger partial charge in [0.25, 0.3) is 5.70 Å². The lowest BCUT2D eigenvalue weighted by Gasteiger charge is -2.42. The lowest BCUT2D eigenvalue weighted by Crippen LogP contribution is -2.31. The fraction of sp³-hybridized carbons (Fsp3) is 0.179. The van der Waals surface area contributed by atoms with Gasteiger partial charge in [-0.05, 0) is 100 Å². The largest absolute Gasteiger partial charge is 0.310 e. The van der Waals surface area contributed by atoms with Crippen molar-refractivity contribution in [3.05, 3.63) is 155 Å². The van der Waals surface area contributed by atoms with Crippen molar-refractivity contribution >= 4 is 22.6 Å². The van der Waals surface area contributed by atoms with E-state index in [4.69, 9.17) is 6.57 Å². The van der Waals surface area contributed by atoms with E-state index in [1.165, 1.54) is 27.8 Å². The maximum atomic E-state index is 9.60. The summed E-state index contributed by atoms with van der Waals surface area (Å²) in [6.07, 6.45) is 7.25. The zero-order chi connectivity index (χ0) is 29.1. The molecule has 2 aliphatic rings. The molecule has 1 atom stereocenters. The van der Waals surface area contributed by atoms with E-state index in [0.717, 1.165) is 41.9 Å². The molecule has 3 heteroatoms. The van der Waals surface area contributed by atoms with Crippen LogP contribution in [0.25, 0.3) is 21.5 Å². The Bertz CT molecular complexity index is 1720. The average Bonchev–Trinajstić information content (AvgIpc) is 3.03. The van der Waals surface area contributed by atoms with Crippen molar-refractivity contribution < 1.29 is 0 Å². The van der Waals surface area contributed by atoms with E-state index < -0.39 is 0 Å². The van der Waals surface area contributed by atoms with Gasteiger partial charge in [0.05, 0.1) is 12.6 Å². The van der Waals surface area contributed by atoms with Gasteiger partial charge in [-0.25, -0.2) is 10.1 Å². The molecule has 0 fully saturated rings. The third-order valence-corrected chi connectivity index (χ3v) is 8.62. The normalized spacial score (nSPS) is 18.4. The predicted molar refractivity (Wildman–Crippen MR) is 173 cm³/mol. The standard InChI is InChI=1S/C39H33N3/c1-39(2)26-31(38(27-40)41-3)24-30-23-29(19-22-37(30)39)35-21-20-34(25-36(35)28-13-7-4-8-14-28)42(32-15-9-5-10-16-32)33-17-11-6-12-18-33/h4-18,20-21,23-25,37H,19,22,26H2,1-2H3/b38-31+. The van der Waals surface area contributed by atoms with Crippen LogP contribution in [0.15, 0.2) is 138 Å². The molecule has 0 heterocycles. The lowest BCUT2D eigenvalue weighted by atomic mass is 9.62. The van der Waals surface area contributed by atoms with Crippen LogP contribution in [-0.4, -0.2) is 0 Å². The average molecular weight is 544 g/mol. The van der Waals surface area contributed by atoms with Gasteiger partial charge in [0, 0.05) is 17.1 Å². The Morgan fingerprint density at radius 3 is 2.02 bits per heavy atom. The molecule has 42 heavy (non-hydrogen) atoms. The first-order valence-electron chi connectivity index (χ1n) is 14.5. The first kappa shape index (κ1) is 27.1. The minimum atomic E-state index is -0.00772. The maximum absolute atomic E-state index is 9.60. The third kappa shape index (κ3) is 5.18. The van der Waals surface area contributed by atoms with Crippen molar-refractivity contribution in [3.63, 3.8) is 0 Å². The van der Waals surface area contributed by atoms with Crippen molar-refractivity contribution in [2.45, 2.75) is 33.1 Å². The second-order valence-electron chi connectivity index (χ2n) is 11.8. The van der Waals surface area contributed by atoms with Gasteiger partial charge in [-0.3, -0.25) is 0 Å². The predicted octanol–water partition coefficient (Wildman–Crippen LogP) is 10.7. The summed E-state index contributed by atoms with van der Waals surface area (Å²) >= 11 is 0. The summed E-state index contributed by atoms with van der Waals surface area (Å²) in [5.41, 5.74) is 10.5. The molecule has 4 aromatic carbocycles. The van der Waals surface area contributed by atoms with Crippen LogP contribution in [0.2, 0.25) is 0 Å². The number of rotatable bonds is 5. The zero-order valence-electron chi connectivity index (χ0n) is 24.1. The van der Waals surface area contributed by atoms with Gasteiger partial charge < -0.3 is 4.90 Å². The fourth-order valence-corrected chi connectivity index (χ4v) is 6.63. The number of hydrogen-bond donors (Lipinski definition) is 0. The number of para-hydroxylation sites is 2. The second kappa shape index (κ2) is 11.4. The Labute approximate surface area is 249 Å². The fourth-order valence-electron chi connectivity index (χ4n) is 6.63. The molecule has 0 radical (unpaired) electrons. The van der Waals surface area contributed by atoms with Crippen LogP contribution in [0.1, 0.15) is 38.7 Å². The molecule has 6 rings (SSSR count). The molecule has 0 saturated heterocycles. The molecule has 2 aliphatic carbocycles. The van der Waals surface area contributed by atoms with E-state index in [1.807, 2.05) is 12.1 Å². The Morgan fingerprint density at radius 2 is 1.43 bits per heavy atom. The van der Waals surface area contributed by atoms with Crippen LogP contribution in [0.5, 0.6) is 0 Å². The minimum absolute atomic E-state index is 0.00772. The second-order valence-corrected chi connectivity index (χ2v) is 11.8. The van der Waals surface area contributed by atoms with Crippen molar-refractivity contribution in [1.82, 2.24) is 0 Å². The molecular weight excluding hydrogens is 510 g/mol. The van der Waals surface area contributed by atoms with Crippen LogP contribution in [0, 0.1) is 29.2 Å². The van der Waals surface area contributed by atoms with Gasteiger partial charge in [0.1, 0.15) is 0 Å². The molecule has 3 nitrogen and oxygen atoms in total. The van der Waals surface area contributed by atoms with Crippen LogP contribution in [-0.2, 0) is 0 Å². The Kier molecular flexibility index (Phi) is 7.35. The van der Waals surface area contributed by atoms with Crippen molar-refractivity contribution in [1.29, 1.82) is 5.26 Å². The molecule has 0 spiro atoms. The molecule has 4 aromatic rings. The maximum Gasteiger partial charge on any atom is 0.265 e. The van der Waals surface area contributed by atoms with Crippen molar-refractivity contribution in [2.75, 3.05) is 4.90 Å². The van der Waals surface area contributed by atoms with E-state index in [2.05, 4.69) is 139 Å². The number of nitrogens with zero attached hydrogens (tertiary/aromatic N) is 3. The van der Waals surface area contributed by atoms with Crippen LogP contribution < -0.4 is 4.90 Å². The third-order valence-electron chi connectivity index (χ3n) is 8.62. The summed E-state index contributed by atoms with van der Waals surface area (Å²) in [4.78, 5) is 5.84. The summed E-state index contributed by atoms with van der Waals surface area (Å²) in [6.45, 7) is 12.1. The smallest absolute Gasteiger partial charge is 0.265 e. The Hall–Kier alpha value is -5.12. The molecular formula is C39H33N3. The van der Waals surface area contributed by atoms with Gasteiger partial charge in [-0.15, -0.1) is 0 Å². The number of nitriles is 1. The van der Waals surface area contributed by atoms with Gasteiger partial charge >= 0.3 is 0 Å². The molecule has 204 valence electrons. The summed E-state index contributed by atoms with van der Waals surface area (Å²) in [7, 11) is 0. The van der Waals surface area contributed by atoms with E-state index >= 15 is 0 Å². The Morgan fingerprint density at radius 1 is 0.810 bits per heavy atom. The van der Waals surface area contributed by atoms with Crippen molar-refractivity contribution in [2.24, 2.45) is 11.3 Å². The highest BCUT2D eigenvalue weighted by Gasteiger charge is 2.38. The van der Waals surface area contributed by atoms with Crippen LogP contribution in [0.4, 0.5) is 17.1 Å². The molecule has 0 aliphatic heterocycles. The number of anilines is 3. The SMILES string of the molecule is [C-]#[N+]/C(C#N)=C1\C=C2C=C(c3ccc(N(c4ccccc4)c4ccccc4)cc3-c3ccccc3)CCC2C(C)(C)C1. The summed E-state index contributed by atoms with van der Waals surface area (Å²) in [5, 5.41) is 9.60. The van der Waals surface area contributed by atoms with Crippen LogP contribution >= 0.6 is 0 Å². The highest BCUT2D eigenvalue weighted by atomic mass is 15.1. The van der Waals surface area contributed by atoms with Gasteiger partial charge in [0.15, 0.2) is 0 Å². The van der Waals surface area contributed by atoms with Crippen molar-refractivity contribution in [3.8, 4) is 17.2 Å². The summed E-state index contributed by atoms with van der Waals surface area (Å²) < 4.78 is 0. The zero-order valence-corrected chi connectivity index (χ0v) is 24.1. The molecule has 0 N–H and O–H groups in total. The van der Waals surface area contributed by atoms with Gasteiger partial charge in [-0.1, -0.05) is 98.8 Å². The minimum Gasteiger partial charge on any atom is -0.310 e. The highest BCUT2D eigenvalue weighted by molar-refractivity contribution is 5.88. The van der Waals surface area contributed by atoms with E-state index in [-0.39, 0.29) is 11.1 Å². The molecule has 0 bridgehead atoms. The lowest BCUT2D eigenvalue weighted by molar-refractivity contribution is 0.227. The quantitative estimate of drug-likeness (QED) is 0.185. The van der Waals surface area contributed by atoms with Gasteiger partial charge in [-0.2, -0.15) is 0 Å².